The maximum Gasteiger partial charge on any atom is 0.347 e. The van der Waals surface area contributed by atoms with Crippen molar-refractivity contribution < 1.29 is 9.53 Å². The van der Waals surface area contributed by atoms with E-state index in [1.807, 2.05) is 0 Å². The number of esters is 1. The van der Waals surface area contributed by atoms with Gasteiger partial charge in [0.1, 0.15) is 0 Å². The zero-order valence-electron chi connectivity index (χ0n) is 14.2. The van der Waals surface area contributed by atoms with Crippen molar-refractivity contribution in [2.45, 2.75) is 76.3 Å². The number of hydrogen-bond donors (Lipinski definition) is 1. The van der Waals surface area contributed by atoms with Gasteiger partial charge in [-0.3, -0.25) is 4.98 Å². The van der Waals surface area contributed by atoms with Crippen molar-refractivity contribution in [3.8, 4) is 0 Å². The minimum atomic E-state index is -0.388. The molecule has 2 fully saturated rings. The Morgan fingerprint density at radius 2 is 1.79 bits per heavy atom. The zero-order valence-corrected chi connectivity index (χ0v) is 14.2. The molecule has 1 aromatic rings. The number of nitrogens with one attached hydrogen (secondary N) is 1. The molecule has 0 atom stereocenters. The van der Waals surface area contributed by atoms with Crippen molar-refractivity contribution in [2.24, 2.45) is 4.99 Å². The molecule has 5 heteroatoms. The lowest BCUT2D eigenvalue weighted by molar-refractivity contribution is 0.0703. The van der Waals surface area contributed by atoms with Gasteiger partial charge in [0.2, 0.25) is 0 Å². The first-order chi connectivity index (χ1) is 11.8. The molecule has 5 nitrogen and oxygen atoms in total. The second-order valence-electron chi connectivity index (χ2n) is 6.84. The van der Waals surface area contributed by atoms with E-state index in [-0.39, 0.29) is 12.0 Å². The molecule has 24 heavy (non-hydrogen) atoms. The van der Waals surface area contributed by atoms with Crippen molar-refractivity contribution in [1.29, 1.82) is 0 Å². The fourth-order valence-corrected chi connectivity index (χ4v) is 3.52. The van der Waals surface area contributed by atoms with Gasteiger partial charge in [-0.2, -0.15) is 0 Å². The molecule has 1 N–H and O–H groups in total. The van der Waals surface area contributed by atoms with E-state index >= 15 is 0 Å². The number of amidine groups is 1. The molecule has 2 aliphatic carbocycles. The summed E-state index contributed by atoms with van der Waals surface area (Å²) < 4.78 is 5.60. The number of aliphatic imine (C=N–C) groups is 1. The van der Waals surface area contributed by atoms with Crippen LogP contribution in [0.5, 0.6) is 0 Å². The Morgan fingerprint density at radius 3 is 2.46 bits per heavy atom. The van der Waals surface area contributed by atoms with Crippen LogP contribution in [0.25, 0.3) is 0 Å². The Bertz CT molecular complexity index is 547. The minimum absolute atomic E-state index is 0.270. The molecular weight excluding hydrogens is 302 g/mol. The summed E-state index contributed by atoms with van der Waals surface area (Å²) in [4.78, 5) is 21.1. The van der Waals surface area contributed by atoms with Gasteiger partial charge in [0.15, 0.2) is 0 Å². The molecule has 2 saturated carbocycles. The Morgan fingerprint density at radius 1 is 1.08 bits per heavy atom. The average molecular weight is 329 g/mol. The van der Waals surface area contributed by atoms with Gasteiger partial charge >= 0.3 is 5.97 Å². The van der Waals surface area contributed by atoms with Gasteiger partial charge in [-0.05, 0) is 37.8 Å². The molecule has 1 heterocycles. The lowest BCUT2D eigenvalue weighted by atomic mass is 9.95. The lowest BCUT2D eigenvalue weighted by Crippen LogP contribution is -2.39. The summed E-state index contributed by atoms with van der Waals surface area (Å²) in [5, 5.41) is 3.39. The molecule has 0 unspecified atom stereocenters. The largest absolute Gasteiger partial charge is 0.389 e. The molecule has 0 aliphatic heterocycles. The van der Waals surface area contributed by atoms with E-state index in [4.69, 9.17) is 9.73 Å². The highest BCUT2D eigenvalue weighted by Gasteiger charge is 2.20. The van der Waals surface area contributed by atoms with Crippen LogP contribution in [0.4, 0.5) is 0 Å². The van der Waals surface area contributed by atoms with Gasteiger partial charge in [0.25, 0.3) is 6.02 Å². The Labute approximate surface area is 143 Å². The number of ether oxygens (including phenoxy) is 1. The number of rotatable bonds is 3. The third-order valence-corrected chi connectivity index (χ3v) is 4.89. The van der Waals surface area contributed by atoms with E-state index in [2.05, 4.69) is 10.3 Å². The first kappa shape index (κ1) is 16.9. The first-order valence-corrected chi connectivity index (χ1v) is 9.28. The topological polar surface area (TPSA) is 63.6 Å². The maximum atomic E-state index is 12.4. The fourth-order valence-electron chi connectivity index (χ4n) is 3.52. The molecule has 0 bridgehead atoms. The van der Waals surface area contributed by atoms with Crippen LogP contribution < -0.4 is 5.32 Å². The minimum Gasteiger partial charge on any atom is -0.389 e. The summed E-state index contributed by atoms with van der Waals surface area (Å²) in [6.07, 6.45) is 15.0. The van der Waals surface area contributed by atoms with E-state index in [1.54, 1.807) is 18.3 Å². The van der Waals surface area contributed by atoms with Gasteiger partial charge in [-0.15, -0.1) is 0 Å². The van der Waals surface area contributed by atoms with E-state index in [9.17, 15) is 4.79 Å². The molecular formula is C19H27N3O2. The number of nitrogens with zero attached hydrogens (tertiary/aromatic N) is 2. The normalized spacial score (nSPS) is 20.6. The quantitative estimate of drug-likeness (QED) is 0.520. The second-order valence-corrected chi connectivity index (χ2v) is 6.84. The third kappa shape index (κ3) is 5.05. The van der Waals surface area contributed by atoms with E-state index in [0.29, 0.717) is 17.6 Å². The highest BCUT2D eigenvalue weighted by molar-refractivity contribution is 5.97. The zero-order chi connectivity index (χ0) is 16.6. The SMILES string of the molecule is O=C(OC(=NC1CCCCC1)NC1CCCCC1)c1cccnc1. The van der Waals surface area contributed by atoms with E-state index in [1.165, 1.54) is 44.7 Å². The predicted molar refractivity (Wildman–Crippen MR) is 94.0 cm³/mol. The van der Waals surface area contributed by atoms with Gasteiger partial charge in [0, 0.05) is 18.4 Å². The molecule has 0 aromatic carbocycles. The van der Waals surface area contributed by atoms with Crippen LogP contribution in [0, 0.1) is 0 Å². The number of carbonyl (C=O) groups is 1. The summed E-state index contributed by atoms with van der Waals surface area (Å²) in [5.41, 5.74) is 0.458. The molecule has 3 rings (SSSR count). The van der Waals surface area contributed by atoms with Crippen LogP contribution >= 0.6 is 0 Å². The maximum absolute atomic E-state index is 12.4. The van der Waals surface area contributed by atoms with Gasteiger partial charge in [-0.25, -0.2) is 9.79 Å². The van der Waals surface area contributed by atoms with Crippen molar-refractivity contribution in [2.75, 3.05) is 0 Å². The van der Waals surface area contributed by atoms with Gasteiger partial charge < -0.3 is 10.1 Å². The number of hydrogen-bond acceptors (Lipinski definition) is 4. The summed E-state index contributed by atoms with van der Waals surface area (Å²) in [6, 6.07) is 4.49. The molecule has 1 aromatic heterocycles. The Balaban J connectivity index is 1.68. The van der Waals surface area contributed by atoms with Gasteiger partial charge in [0.05, 0.1) is 11.6 Å². The number of carbonyl (C=O) groups excluding carboxylic acids is 1. The monoisotopic (exact) mass is 329 g/mol. The van der Waals surface area contributed by atoms with Crippen LogP contribution in [0.1, 0.15) is 74.6 Å². The number of pyridine rings is 1. The average Bonchev–Trinajstić information content (AvgIpc) is 2.64. The molecule has 0 radical (unpaired) electrons. The van der Waals surface area contributed by atoms with Crippen LogP contribution in [0.15, 0.2) is 29.5 Å². The van der Waals surface area contributed by atoms with Crippen LogP contribution in [0.3, 0.4) is 0 Å². The smallest absolute Gasteiger partial charge is 0.347 e. The molecule has 0 amide bonds. The summed E-state index contributed by atoms with van der Waals surface area (Å²) in [5.74, 6) is -0.388. The van der Waals surface area contributed by atoms with Gasteiger partial charge in [-0.1, -0.05) is 38.5 Å². The molecule has 2 aliphatic rings. The summed E-state index contributed by atoms with van der Waals surface area (Å²) in [7, 11) is 0. The Kier molecular flexibility index (Phi) is 6.21. The molecule has 130 valence electrons. The highest BCUT2D eigenvalue weighted by atomic mass is 16.6. The molecule has 0 spiro atoms. The third-order valence-electron chi connectivity index (χ3n) is 4.89. The van der Waals surface area contributed by atoms with Crippen LogP contribution in [0.2, 0.25) is 0 Å². The van der Waals surface area contributed by atoms with Crippen molar-refractivity contribution in [3.05, 3.63) is 30.1 Å². The van der Waals surface area contributed by atoms with Crippen molar-refractivity contribution >= 4 is 12.0 Å². The fraction of sp³-hybridized carbons (Fsp3) is 0.632. The van der Waals surface area contributed by atoms with E-state index < -0.39 is 0 Å². The highest BCUT2D eigenvalue weighted by Crippen LogP contribution is 2.21. The summed E-state index contributed by atoms with van der Waals surface area (Å²) >= 11 is 0. The van der Waals surface area contributed by atoms with Crippen molar-refractivity contribution in [1.82, 2.24) is 10.3 Å². The van der Waals surface area contributed by atoms with E-state index in [0.717, 1.165) is 25.7 Å². The second kappa shape index (κ2) is 8.81. The van der Waals surface area contributed by atoms with Crippen molar-refractivity contribution in [3.63, 3.8) is 0 Å². The standard InChI is InChI=1S/C19H27N3O2/c23-18(15-8-7-13-20-14-15)24-19(21-16-9-3-1-4-10-16)22-17-11-5-2-6-12-17/h7-8,13-14,16-17H,1-6,9-12H2,(H,21,22). The van der Waals surface area contributed by atoms with Crippen LogP contribution in [-0.2, 0) is 4.74 Å². The van der Waals surface area contributed by atoms with Crippen LogP contribution in [-0.4, -0.2) is 29.1 Å². The Hall–Kier alpha value is -1.91. The molecule has 0 saturated heterocycles. The summed E-state index contributed by atoms with van der Waals surface area (Å²) in [6.45, 7) is 0. The number of aromatic nitrogens is 1. The predicted octanol–water partition coefficient (Wildman–Crippen LogP) is 3.85. The lowest BCUT2D eigenvalue weighted by Gasteiger charge is -2.25. The first-order valence-electron chi connectivity index (χ1n) is 9.28.